The fraction of sp³-hybridized carbons (Fsp3) is 0.600. The molecule has 0 unspecified atom stereocenters. The van der Waals surface area contributed by atoms with Crippen molar-refractivity contribution in [2.24, 2.45) is 10.9 Å². The summed E-state index contributed by atoms with van der Waals surface area (Å²) in [5, 5.41) is 3.47. The standard InChI is InChI=1S/C20H29N5O/c1-15-5-8-25-13-17(23-19(25)11-15)12-22-20(21-2)24-9-6-18(7-10-24)26-14-16-3-4-16/h5,8,11,13,16,18H,3-4,6-7,9-10,12,14H2,1-2H3,(H,21,22). The maximum Gasteiger partial charge on any atom is 0.193 e. The van der Waals surface area contributed by atoms with Crippen molar-refractivity contribution in [2.75, 3.05) is 26.7 Å². The van der Waals surface area contributed by atoms with Crippen LogP contribution >= 0.6 is 0 Å². The monoisotopic (exact) mass is 355 g/mol. The average Bonchev–Trinajstić information content (AvgIpc) is 3.40. The Morgan fingerprint density at radius 1 is 1.31 bits per heavy atom. The first-order chi connectivity index (χ1) is 12.7. The number of likely N-dealkylation sites (tertiary alicyclic amines) is 1. The maximum absolute atomic E-state index is 6.04. The van der Waals surface area contributed by atoms with Crippen LogP contribution in [0.15, 0.2) is 29.5 Å². The lowest BCUT2D eigenvalue weighted by molar-refractivity contribution is 0.0131. The number of aryl methyl sites for hydroxylation is 1. The molecular weight excluding hydrogens is 326 g/mol. The molecule has 1 aliphatic heterocycles. The number of aromatic nitrogens is 2. The summed E-state index contributed by atoms with van der Waals surface area (Å²) in [4.78, 5) is 11.5. The molecule has 26 heavy (non-hydrogen) atoms. The molecule has 2 aromatic rings. The summed E-state index contributed by atoms with van der Waals surface area (Å²) in [7, 11) is 1.85. The van der Waals surface area contributed by atoms with Crippen LogP contribution in [0.5, 0.6) is 0 Å². The van der Waals surface area contributed by atoms with E-state index in [2.05, 4.69) is 51.1 Å². The zero-order chi connectivity index (χ0) is 17.9. The molecule has 6 heteroatoms. The summed E-state index contributed by atoms with van der Waals surface area (Å²) in [6.07, 6.45) is 9.44. The highest BCUT2D eigenvalue weighted by molar-refractivity contribution is 5.79. The highest BCUT2D eigenvalue weighted by Crippen LogP contribution is 2.30. The summed E-state index contributed by atoms with van der Waals surface area (Å²) in [6.45, 7) is 5.74. The Bertz CT molecular complexity index is 772. The van der Waals surface area contributed by atoms with Crippen molar-refractivity contribution >= 4 is 11.6 Å². The average molecular weight is 355 g/mol. The molecule has 2 aromatic heterocycles. The Morgan fingerprint density at radius 3 is 2.85 bits per heavy atom. The van der Waals surface area contributed by atoms with E-state index in [4.69, 9.17) is 9.72 Å². The van der Waals surface area contributed by atoms with Gasteiger partial charge in [-0.05, 0) is 56.2 Å². The molecule has 0 spiro atoms. The molecule has 0 radical (unpaired) electrons. The van der Waals surface area contributed by atoms with Crippen LogP contribution in [0.3, 0.4) is 0 Å². The van der Waals surface area contributed by atoms with Gasteiger partial charge in [0.1, 0.15) is 5.65 Å². The van der Waals surface area contributed by atoms with E-state index < -0.39 is 0 Å². The lowest BCUT2D eigenvalue weighted by atomic mass is 10.1. The number of nitrogens with one attached hydrogen (secondary N) is 1. The topological polar surface area (TPSA) is 54.2 Å². The van der Waals surface area contributed by atoms with Crippen molar-refractivity contribution in [2.45, 2.75) is 45.3 Å². The molecule has 1 aliphatic carbocycles. The molecule has 3 heterocycles. The van der Waals surface area contributed by atoms with E-state index in [1.807, 2.05) is 7.05 Å². The predicted octanol–water partition coefficient (Wildman–Crippen LogP) is 2.61. The van der Waals surface area contributed by atoms with Crippen LogP contribution in [0, 0.1) is 12.8 Å². The number of imidazole rings is 1. The van der Waals surface area contributed by atoms with E-state index in [9.17, 15) is 0 Å². The quantitative estimate of drug-likeness (QED) is 0.662. The molecule has 0 amide bonds. The lowest BCUT2D eigenvalue weighted by Gasteiger charge is -2.34. The van der Waals surface area contributed by atoms with E-state index in [0.717, 1.165) is 55.8 Å². The first-order valence-corrected chi connectivity index (χ1v) is 9.72. The largest absolute Gasteiger partial charge is 0.378 e. The molecule has 0 aromatic carbocycles. The Labute approximate surface area is 155 Å². The number of hydrogen-bond acceptors (Lipinski definition) is 3. The van der Waals surface area contributed by atoms with Crippen molar-refractivity contribution in [3.8, 4) is 0 Å². The van der Waals surface area contributed by atoms with Crippen LogP contribution in [0.4, 0.5) is 0 Å². The van der Waals surface area contributed by atoms with E-state index in [1.165, 1.54) is 18.4 Å². The van der Waals surface area contributed by atoms with Gasteiger partial charge in [-0.1, -0.05) is 0 Å². The first-order valence-electron chi connectivity index (χ1n) is 9.72. The molecule has 140 valence electrons. The van der Waals surface area contributed by atoms with Crippen LogP contribution in [-0.2, 0) is 11.3 Å². The zero-order valence-corrected chi connectivity index (χ0v) is 15.8. The summed E-state index contributed by atoms with van der Waals surface area (Å²) >= 11 is 0. The first kappa shape index (κ1) is 17.3. The number of piperidine rings is 1. The molecule has 1 N–H and O–H groups in total. The van der Waals surface area contributed by atoms with Crippen LogP contribution in [0.25, 0.3) is 5.65 Å². The fourth-order valence-electron chi connectivity index (χ4n) is 3.51. The summed E-state index contributed by atoms with van der Waals surface area (Å²) in [6, 6.07) is 4.20. The second-order valence-electron chi connectivity index (χ2n) is 7.57. The number of nitrogens with zero attached hydrogens (tertiary/aromatic N) is 4. The number of hydrogen-bond donors (Lipinski definition) is 1. The minimum atomic E-state index is 0.423. The number of pyridine rings is 1. The summed E-state index contributed by atoms with van der Waals surface area (Å²) in [5.74, 6) is 1.80. The van der Waals surface area contributed by atoms with Gasteiger partial charge in [0.2, 0.25) is 0 Å². The molecule has 6 nitrogen and oxygen atoms in total. The smallest absolute Gasteiger partial charge is 0.193 e. The fourth-order valence-corrected chi connectivity index (χ4v) is 3.51. The van der Waals surface area contributed by atoms with Gasteiger partial charge in [-0.25, -0.2) is 4.98 Å². The Kier molecular flexibility index (Phi) is 5.11. The van der Waals surface area contributed by atoms with Crippen molar-refractivity contribution in [3.63, 3.8) is 0 Å². The van der Waals surface area contributed by atoms with Crippen LogP contribution in [-0.4, -0.2) is 53.1 Å². The SMILES string of the molecule is CN=C(NCc1cn2ccc(C)cc2n1)N1CCC(OCC2CC2)CC1. The van der Waals surface area contributed by atoms with Gasteiger partial charge in [0, 0.05) is 39.1 Å². The van der Waals surface area contributed by atoms with E-state index in [0.29, 0.717) is 12.6 Å². The van der Waals surface area contributed by atoms with Gasteiger partial charge in [0.25, 0.3) is 0 Å². The normalized spacial score (nSPS) is 19.3. The molecule has 2 aliphatic rings. The number of ether oxygens (including phenoxy) is 1. The van der Waals surface area contributed by atoms with Crippen LogP contribution in [0.2, 0.25) is 0 Å². The predicted molar refractivity (Wildman–Crippen MR) is 103 cm³/mol. The number of rotatable bonds is 5. The highest BCUT2D eigenvalue weighted by atomic mass is 16.5. The Hall–Kier alpha value is -2.08. The van der Waals surface area contributed by atoms with Crippen LogP contribution in [0.1, 0.15) is 36.9 Å². The van der Waals surface area contributed by atoms with Crippen molar-refractivity contribution < 1.29 is 4.74 Å². The molecular formula is C20H29N5O. The lowest BCUT2D eigenvalue weighted by Crippen LogP contribution is -2.46. The Morgan fingerprint density at radius 2 is 2.12 bits per heavy atom. The van der Waals surface area contributed by atoms with Gasteiger partial charge in [-0.2, -0.15) is 0 Å². The van der Waals surface area contributed by atoms with E-state index in [-0.39, 0.29) is 0 Å². The van der Waals surface area contributed by atoms with E-state index in [1.54, 1.807) is 0 Å². The zero-order valence-electron chi connectivity index (χ0n) is 15.8. The van der Waals surface area contributed by atoms with Gasteiger partial charge in [0.05, 0.1) is 18.3 Å². The number of fused-ring (bicyclic) bond motifs is 1. The van der Waals surface area contributed by atoms with Gasteiger partial charge in [0.15, 0.2) is 5.96 Å². The van der Waals surface area contributed by atoms with E-state index >= 15 is 0 Å². The third kappa shape index (κ3) is 4.18. The van der Waals surface area contributed by atoms with Gasteiger partial charge >= 0.3 is 0 Å². The minimum absolute atomic E-state index is 0.423. The van der Waals surface area contributed by atoms with Crippen molar-refractivity contribution in [3.05, 3.63) is 35.8 Å². The molecule has 2 fully saturated rings. The summed E-state index contributed by atoms with van der Waals surface area (Å²) < 4.78 is 8.11. The van der Waals surface area contributed by atoms with Gasteiger partial charge in [-0.15, -0.1) is 0 Å². The second-order valence-corrected chi connectivity index (χ2v) is 7.57. The van der Waals surface area contributed by atoms with Gasteiger partial charge in [-0.3, -0.25) is 4.99 Å². The second kappa shape index (κ2) is 7.66. The third-order valence-electron chi connectivity index (χ3n) is 5.31. The van der Waals surface area contributed by atoms with Crippen molar-refractivity contribution in [1.29, 1.82) is 0 Å². The number of aliphatic imine (C=N–C) groups is 1. The molecule has 1 saturated carbocycles. The maximum atomic E-state index is 6.04. The highest BCUT2D eigenvalue weighted by Gasteiger charge is 2.26. The summed E-state index contributed by atoms with van der Waals surface area (Å²) in [5.41, 5.74) is 3.25. The molecule has 4 rings (SSSR count). The molecule has 0 bridgehead atoms. The third-order valence-corrected chi connectivity index (χ3v) is 5.31. The molecule has 1 saturated heterocycles. The molecule has 0 atom stereocenters. The van der Waals surface area contributed by atoms with Gasteiger partial charge < -0.3 is 19.4 Å². The minimum Gasteiger partial charge on any atom is -0.378 e. The Balaban J connectivity index is 1.28. The van der Waals surface area contributed by atoms with Crippen LogP contribution < -0.4 is 5.32 Å². The number of guanidine groups is 1. The van der Waals surface area contributed by atoms with Crippen molar-refractivity contribution in [1.82, 2.24) is 19.6 Å².